The summed E-state index contributed by atoms with van der Waals surface area (Å²) in [6.07, 6.45) is 0.999. The maximum atomic E-state index is 11.3. The highest BCUT2D eigenvalue weighted by atomic mass is 16.6. The Kier molecular flexibility index (Phi) is 4.44. The fraction of sp³-hybridized carbons (Fsp3) is 0.571. The van der Waals surface area contributed by atoms with E-state index in [2.05, 4.69) is 29.5 Å². The molecule has 1 heterocycles. The minimum atomic E-state index is -0.326. The highest BCUT2D eigenvalue weighted by Crippen LogP contribution is 2.34. The molecule has 0 spiro atoms. The lowest BCUT2D eigenvalue weighted by molar-refractivity contribution is -0.383. The Morgan fingerprint density at radius 1 is 1.40 bits per heavy atom. The van der Waals surface area contributed by atoms with Gasteiger partial charge in [-0.25, -0.2) is 0 Å². The number of rotatable bonds is 4. The normalized spacial score (nSPS) is 23.4. The third-order valence-corrected chi connectivity index (χ3v) is 3.94. The van der Waals surface area contributed by atoms with Crippen LogP contribution in [-0.4, -0.2) is 43.0 Å². The largest absolute Gasteiger partial charge is 0.382 e. The van der Waals surface area contributed by atoms with Crippen molar-refractivity contribution >= 4 is 17.1 Å². The zero-order chi connectivity index (χ0) is 14.7. The van der Waals surface area contributed by atoms with Crippen LogP contribution in [0.3, 0.4) is 0 Å². The zero-order valence-electron chi connectivity index (χ0n) is 12.2. The van der Waals surface area contributed by atoms with E-state index < -0.39 is 0 Å². The van der Waals surface area contributed by atoms with Gasteiger partial charge in [0.25, 0.3) is 0 Å². The molecule has 0 amide bonds. The van der Waals surface area contributed by atoms with Crippen LogP contribution in [-0.2, 0) is 0 Å². The first kappa shape index (κ1) is 14.6. The lowest BCUT2D eigenvalue weighted by atomic mass is 9.94. The molecule has 110 valence electrons. The van der Waals surface area contributed by atoms with E-state index in [4.69, 9.17) is 0 Å². The predicted molar refractivity (Wildman–Crippen MR) is 81.3 cm³/mol. The smallest absolute Gasteiger partial charge is 0.315 e. The van der Waals surface area contributed by atoms with Crippen molar-refractivity contribution in [1.29, 1.82) is 0 Å². The second-order valence-corrected chi connectivity index (χ2v) is 5.49. The summed E-state index contributed by atoms with van der Waals surface area (Å²) in [5, 5.41) is 17.5. The van der Waals surface area contributed by atoms with Gasteiger partial charge in [-0.15, -0.1) is 0 Å². The van der Waals surface area contributed by atoms with E-state index in [1.807, 2.05) is 6.07 Å². The van der Waals surface area contributed by atoms with Crippen molar-refractivity contribution in [3.05, 3.63) is 28.3 Å². The number of anilines is 2. The Balaban J connectivity index is 2.23. The molecule has 0 radical (unpaired) electrons. The number of nitro groups is 1. The van der Waals surface area contributed by atoms with E-state index in [9.17, 15) is 10.1 Å². The third kappa shape index (κ3) is 3.01. The molecule has 2 unspecified atom stereocenters. The van der Waals surface area contributed by atoms with Crippen LogP contribution in [0.2, 0.25) is 0 Å². The van der Waals surface area contributed by atoms with Crippen molar-refractivity contribution < 1.29 is 4.92 Å². The molecule has 2 N–H and O–H groups in total. The van der Waals surface area contributed by atoms with Crippen molar-refractivity contribution in [2.45, 2.75) is 19.4 Å². The molecular weight excluding hydrogens is 256 g/mol. The van der Waals surface area contributed by atoms with Crippen LogP contribution < -0.4 is 10.6 Å². The van der Waals surface area contributed by atoms with Gasteiger partial charge < -0.3 is 15.5 Å². The Morgan fingerprint density at radius 2 is 2.10 bits per heavy atom. The fourth-order valence-corrected chi connectivity index (χ4v) is 2.83. The van der Waals surface area contributed by atoms with Crippen LogP contribution in [0.25, 0.3) is 0 Å². The molecule has 0 aromatic heterocycles. The van der Waals surface area contributed by atoms with Crippen LogP contribution in [0.15, 0.2) is 18.2 Å². The van der Waals surface area contributed by atoms with Crippen molar-refractivity contribution in [2.24, 2.45) is 5.92 Å². The molecule has 6 nitrogen and oxygen atoms in total. The van der Waals surface area contributed by atoms with Gasteiger partial charge in [-0.05, 0) is 38.1 Å². The SMILES string of the molecule is CNc1cccc(NC2CCN(C)CC2C)c1[N+](=O)[O-]. The van der Waals surface area contributed by atoms with Crippen molar-refractivity contribution in [3.8, 4) is 0 Å². The summed E-state index contributed by atoms with van der Waals surface area (Å²) in [6.45, 7) is 4.21. The van der Waals surface area contributed by atoms with Gasteiger partial charge in [0, 0.05) is 19.6 Å². The first-order valence-corrected chi connectivity index (χ1v) is 6.93. The van der Waals surface area contributed by atoms with E-state index in [1.165, 1.54) is 0 Å². The molecule has 1 saturated heterocycles. The topological polar surface area (TPSA) is 70.4 Å². The first-order chi connectivity index (χ1) is 9.52. The van der Waals surface area contributed by atoms with E-state index in [0.29, 0.717) is 17.3 Å². The third-order valence-electron chi connectivity index (χ3n) is 3.94. The summed E-state index contributed by atoms with van der Waals surface area (Å²) < 4.78 is 0. The second kappa shape index (κ2) is 6.09. The molecule has 6 heteroatoms. The molecule has 0 saturated carbocycles. The Morgan fingerprint density at radius 3 is 2.70 bits per heavy atom. The van der Waals surface area contributed by atoms with Gasteiger partial charge >= 0.3 is 5.69 Å². The Hall–Kier alpha value is -1.82. The molecule has 20 heavy (non-hydrogen) atoms. The number of likely N-dealkylation sites (tertiary alicyclic amines) is 1. The van der Waals surface area contributed by atoms with Gasteiger partial charge in [0.2, 0.25) is 0 Å². The molecule has 1 fully saturated rings. The number of nitrogens with one attached hydrogen (secondary N) is 2. The molecule has 1 aromatic rings. The van der Waals surface area contributed by atoms with Crippen LogP contribution in [0, 0.1) is 16.0 Å². The highest BCUT2D eigenvalue weighted by Gasteiger charge is 2.27. The van der Waals surface area contributed by atoms with Crippen LogP contribution in [0.1, 0.15) is 13.3 Å². The lowest BCUT2D eigenvalue weighted by Crippen LogP contribution is -2.43. The number of nitro benzene ring substituents is 1. The Bertz CT molecular complexity index is 492. The van der Waals surface area contributed by atoms with Crippen LogP contribution in [0.5, 0.6) is 0 Å². The van der Waals surface area contributed by atoms with Crippen molar-refractivity contribution in [2.75, 3.05) is 37.8 Å². The fourth-order valence-electron chi connectivity index (χ4n) is 2.83. The maximum Gasteiger partial charge on any atom is 0.315 e. The second-order valence-electron chi connectivity index (χ2n) is 5.49. The maximum absolute atomic E-state index is 11.3. The minimum Gasteiger partial charge on any atom is -0.382 e. The molecule has 0 bridgehead atoms. The predicted octanol–water partition coefficient (Wildman–Crippen LogP) is 2.39. The molecule has 2 rings (SSSR count). The molecule has 2 atom stereocenters. The molecule has 1 aliphatic heterocycles. The van der Waals surface area contributed by atoms with Gasteiger partial charge in [-0.1, -0.05) is 13.0 Å². The van der Waals surface area contributed by atoms with Crippen molar-refractivity contribution in [3.63, 3.8) is 0 Å². The summed E-state index contributed by atoms with van der Waals surface area (Å²) in [6, 6.07) is 5.61. The number of nitrogens with zero attached hydrogens (tertiary/aromatic N) is 2. The zero-order valence-corrected chi connectivity index (χ0v) is 12.2. The summed E-state index contributed by atoms with van der Waals surface area (Å²) in [5.74, 6) is 0.464. The van der Waals surface area contributed by atoms with Gasteiger partial charge in [-0.3, -0.25) is 10.1 Å². The van der Waals surface area contributed by atoms with Crippen LogP contribution in [0.4, 0.5) is 17.1 Å². The van der Waals surface area contributed by atoms with Gasteiger partial charge in [-0.2, -0.15) is 0 Å². The minimum absolute atomic E-state index is 0.126. The van der Waals surface area contributed by atoms with Gasteiger partial charge in [0.05, 0.1) is 4.92 Å². The molecule has 1 aromatic carbocycles. The number of para-hydroxylation sites is 1. The van der Waals surface area contributed by atoms with Crippen molar-refractivity contribution in [1.82, 2.24) is 4.90 Å². The Labute approximate surface area is 119 Å². The van der Waals surface area contributed by atoms with Crippen LogP contribution >= 0.6 is 0 Å². The average Bonchev–Trinajstić information content (AvgIpc) is 2.41. The summed E-state index contributed by atoms with van der Waals surface area (Å²) >= 11 is 0. The van der Waals surface area contributed by atoms with E-state index in [0.717, 1.165) is 19.5 Å². The number of benzene rings is 1. The highest BCUT2D eigenvalue weighted by molar-refractivity contribution is 5.76. The van der Waals surface area contributed by atoms with E-state index in [-0.39, 0.29) is 16.7 Å². The molecule has 1 aliphatic rings. The summed E-state index contributed by atoms with van der Waals surface area (Å²) in [5.41, 5.74) is 1.27. The van der Waals surface area contributed by atoms with E-state index >= 15 is 0 Å². The van der Waals surface area contributed by atoms with Gasteiger partial charge in [0.15, 0.2) is 0 Å². The number of hydrogen-bond donors (Lipinski definition) is 2. The standard InChI is InChI=1S/C14H22N4O2/c1-10-9-17(3)8-7-11(10)16-13-6-4-5-12(15-2)14(13)18(19)20/h4-6,10-11,15-16H,7-9H2,1-3H3. The molecular formula is C14H22N4O2. The summed E-state index contributed by atoms with van der Waals surface area (Å²) in [4.78, 5) is 13.3. The average molecular weight is 278 g/mol. The number of hydrogen-bond acceptors (Lipinski definition) is 5. The van der Waals surface area contributed by atoms with Gasteiger partial charge in [0.1, 0.15) is 11.4 Å². The monoisotopic (exact) mass is 278 g/mol. The first-order valence-electron chi connectivity index (χ1n) is 6.93. The number of piperidine rings is 1. The molecule has 0 aliphatic carbocycles. The van der Waals surface area contributed by atoms with E-state index in [1.54, 1.807) is 19.2 Å². The quantitative estimate of drug-likeness (QED) is 0.653. The summed E-state index contributed by atoms with van der Waals surface area (Å²) in [7, 11) is 3.81. The lowest BCUT2D eigenvalue weighted by Gasteiger charge is -2.35.